The van der Waals surface area contributed by atoms with E-state index in [4.69, 9.17) is 14.9 Å². The Morgan fingerprint density at radius 1 is 1.12 bits per heavy atom. The zero-order chi connectivity index (χ0) is 12.6. The summed E-state index contributed by atoms with van der Waals surface area (Å²) in [6, 6.07) is 0. The predicted octanol–water partition coefficient (Wildman–Crippen LogP) is 3.62. The van der Waals surface area contributed by atoms with Crippen molar-refractivity contribution in [2.45, 2.75) is 60.2 Å². The minimum absolute atomic E-state index is 0.143. The fourth-order valence-corrected chi connectivity index (χ4v) is 1.61. The molecular formula is C13H27NO2. The SMILES string of the molecule is CCOC(CCC(=N)CC(C)(C)C)OCC. The van der Waals surface area contributed by atoms with Crippen molar-refractivity contribution in [1.82, 2.24) is 0 Å². The maximum atomic E-state index is 7.89. The lowest BCUT2D eigenvalue weighted by atomic mass is 9.88. The molecule has 0 rings (SSSR count). The number of hydrogen-bond acceptors (Lipinski definition) is 3. The van der Waals surface area contributed by atoms with Crippen LogP contribution in [0.5, 0.6) is 0 Å². The van der Waals surface area contributed by atoms with Gasteiger partial charge in [-0.15, -0.1) is 0 Å². The zero-order valence-corrected chi connectivity index (χ0v) is 11.4. The molecule has 0 spiro atoms. The van der Waals surface area contributed by atoms with E-state index in [0.717, 1.165) is 25.0 Å². The first kappa shape index (κ1) is 15.6. The molecule has 0 amide bonds. The van der Waals surface area contributed by atoms with E-state index in [9.17, 15) is 0 Å². The average Bonchev–Trinajstić information content (AvgIpc) is 2.12. The summed E-state index contributed by atoms with van der Waals surface area (Å²) in [5, 5.41) is 7.89. The standard InChI is InChI=1S/C13H27NO2/c1-6-15-12(16-7-2)9-8-11(14)10-13(3,4)5/h12,14H,6-10H2,1-5H3. The van der Waals surface area contributed by atoms with Gasteiger partial charge in [0.15, 0.2) is 6.29 Å². The van der Waals surface area contributed by atoms with Crippen molar-refractivity contribution in [3.05, 3.63) is 0 Å². The van der Waals surface area contributed by atoms with Gasteiger partial charge in [0, 0.05) is 25.3 Å². The summed E-state index contributed by atoms with van der Waals surface area (Å²) in [5.74, 6) is 0. The highest BCUT2D eigenvalue weighted by Crippen LogP contribution is 2.20. The molecule has 0 aromatic rings. The van der Waals surface area contributed by atoms with Gasteiger partial charge < -0.3 is 14.9 Å². The van der Waals surface area contributed by atoms with E-state index in [0.29, 0.717) is 13.2 Å². The average molecular weight is 229 g/mol. The molecule has 0 aliphatic carbocycles. The summed E-state index contributed by atoms with van der Waals surface area (Å²) in [6.45, 7) is 11.7. The summed E-state index contributed by atoms with van der Waals surface area (Å²) in [5.41, 5.74) is 0.987. The first-order chi connectivity index (χ1) is 7.39. The molecule has 0 radical (unpaired) electrons. The lowest BCUT2D eigenvalue weighted by molar-refractivity contribution is -0.138. The fraction of sp³-hybridized carbons (Fsp3) is 0.923. The Hall–Kier alpha value is -0.410. The molecule has 0 bridgehead atoms. The van der Waals surface area contributed by atoms with Gasteiger partial charge in [0.1, 0.15) is 0 Å². The van der Waals surface area contributed by atoms with Crippen LogP contribution >= 0.6 is 0 Å². The number of hydrogen-bond donors (Lipinski definition) is 1. The third kappa shape index (κ3) is 8.86. The molecule has 0 aromatic carbocycles. The first-order valence-corrected chi connectivity index (χ1v) is 6.18. The quantitative estimate of drug-likeness (QED) is 0.510. The lowest BCUT2D eigenvalue weighted by Gasteiger charge is -2.20. The fourth-order valence-electron chi connectivity index (χ4n) is 1.61. The van der Waals surface area contributed by atoms with Gasteiger partial charge in [-0.25, -0.2) is 0 Å². The lowest BCUT2D eigenvalue weighted by Crippen LogP contribution is -2.20. The van der Waals surface area contributed by atoms with Crippen LogP contribution in [0.4, 0.5) is 0 Å². The van der Waals surface area contributed by atoms with Gasteiger partial charge in [0.2, 0.25) is 0 Å². The van der Waals surface area contributed by atoms with Gasteiger partial charge in [0.05, 0.1) is 0 Å². The van der Waals surface area contributed by atoms with Gasteiger partial charge in [-0.1, -0.05) is 20.8 Å². The van der Waals surface area contributed by atoms with Gasteiger partial charge >= 0.3 is 0 Å². The predicted molar refractivity (Wildman–Crippen MR) is 68.1 cm³/mol. The largest absolute Gasteiger partial charge is 0.353 e. The van der Waals surface area contributed by atoms with E-state index >= 15 is 0 Å². The van der Waals surface area contributed by atoms with E-state index in [2.05, 4.69) is 20.8 Å². The van der Waals surface area contributed by atoms with Gasteiger partial charge in [-0.05, 0) is 32.1 Å². The van der Waals surface area contributed by atoms with Crippen molar-refractivity contribution in [3.63, 3.8) is 0 Å². The van der Waals surface area contributed by atoms with Gasteiger partial charge in [0.25, 0.3) is 0 Å². The van der Waals surface area contributed by atoms with Crippen LogP contribution in [-0.4, -0.2) is 25.2 Å². The molecule has 0 aromatic heterocycles. The van der Waals surface area contributed by atoms with E-state index in [1.807, 2.05) is 13.8 Å². The Labute approximate surface area is 100 Å². The Kier molecular flexibility index (Phi) is 7.60. The maximum absolute atomic E-state index is 7.89. The maximum Gasteiger partial charge on any atom is 0.157 e. The van der Waals surface area contributed by atoms with Crippen LogP contribution in [0.25, 0.3) is 0 Å². The van der Waals surface area contributed by atoms with Crippen molar-refractivity contribution in [3.8, 4) is 0 Å². The summed E-state index contributed by atoms with van der Waals surface area (Å²) in [6.07, 6.45) is 2.26. The van der Waals surface area contributed by atoms with Gasteiger partial charge in [-0.3, -0.25) is 0 Å². The molecule has 0 saturated carbocycles. The number of ether oxygens (including phenoxy) is 2. The molecule has 3 nitrogen and oxygen atoms in total. The van der Waals surface area contributed by atoms with E-state index < -0.39 is 0 Å². The molecular weight excluding hydrogens is 202 g/mol. The van der Waals surface area contributed by atoms with Crippen molar-refractivity contribution in [1.29, 1.82) is 5.41 Å². The second kappa shape index (κ2) is 7.80. The van der Waals surface area contributed by atoms with Crippen LogP contribution < -0.4 is 0 Å². The van der Waals surface area contributed by atoms with E-state index in [-0.39, 0.29) is 11.7 Å². The third-order valence-corrected chi connectivity index (χ3v) is 2.13. The minimum atomic E-state index is -0.143. The number of nitrogens with one attached hydrogen (secondary N) is 1. The second-order valence-electron chi connectivity index (χ2n) is 5.22. The molecule has 0 aliphatic rings. The van der Waals surface area contributed by atoms with Crippen LogP contribution in [0.15, 0.2) is 0 Å². The van der Waals surface area contributed by atoms with Crippen molar-refractivity contribution in [2.24, 2.45) is 5.41 Å². The van der Waals surface area contributed by atoms with Crippen molar-refractivity contribution in [2.75, 3.05) is 13.2 Å². The zero-order valence-electron chi connectivity index (χ0n) is 11.4. The van der Waals surface area contributed by atoms with Crippen LogP contribution in [0.3, 0.4) is 0 Å². The molecule has 0 aliphatic heterocycles. The van der Waals surface area contributed by atoms with E-state index in [1.54, 1.807) is 0 Å². The summed E-state index contributed by atoms with van der Waals surface area (Å²) in [4.78, 5) is 0. The van der Waals surface area contributed by atoms with Crippen LogP contribution in [-0.2, 0) is 9.47 Å². The molecule has 0 unspecified atom stereocenters. The van der Waals surface area contributed by atoms with Crippen molar-refractivity contribution >= 4 is 5.71 Å². The Balaban J connectivity index is 3.86. The smallest absolute Gasteiger partial charge is 0.157 e. The molecule has 0 atom stereocenters. The molecule has 0 saturated heterocycles. The van der Waals surface area contributed by atoms with Crippen LogP contribution in [0.2, 0.25) is 0 Å². The molecule has 0 heterocycles. The van der Waals surface area contributed by atoms with Crippen molar-refractivity contribution < 1.29 is 9.47 Å². The Morgan fingerprint density at radius 2 is 1.62 bits per heavy atom. The topological polar surface area (TPSA) is 42.3 Å². The van der Waals surface area contributed by atoms with Gasteiger partial charge in [-0.2, -0.15) is 0 Å². The Morgan fingerprint density at radius 3 is 2.00 bits per heavy atom. The second-order valence-corrected chi connectivity index (χ2v) is 5.22. The highest BCUT2D eigenvalue weighted by molar-refractivity contribution is 5.81. The first-order valence-electron chi connectivity index (χ1n) is 6.18. The molecule has 1 N–H and O–H groups in total. The summed E-state index contributed by atoms with van der Waals surface area (Å²) >= 11 is 0. The third-order valence-electron chi connectivity index (χ3n) is 2.13. The van der Waals surface area contributed by atoms with Crippen LogP contribution in [0, 0.1) is 10.8 Å². The summed E-state index contributed by atoms with van der Waals surface area (Å²) in [7, 11) is 0. The molecule has 96 valence electrons. The van der Waals surface area contributed by atoms with Crippen LogP contribution in [0.1, 0.15) is 53.9 Å². The molecule has 0 fully saturated rings. The highest BCUT2D eigenvalue weighted by atomic mass is 16.7. The monoisotopic (exact) mass is 229 g/mol. The molecule has 16 heavy (non-hydrogen) atoms. The minimum Gasteiger partial charge on any atom is -0.353 e. The van der Waals surface area contributed by atoms with E-state index in [1.165, 1.54) is 0 Å². The Bertz CT molecular complexity index is 191. The number of rotatable bonds is 8. The summed E-state index contributed by atoms with van der Waals surface area (Å²) < 4.78 is 10.9. The normalized spacial score (nSPS) is 12.1. The highest BCUT2D eigenvalue weighted by Gasteiger charge is 2.15. The molecule has 3 heteroatoms.